The lowest BCUT2D eigenvalue weighted by atomic mass is 9.92. The van der Waals surface area contributed by atoms with Crippen molar-refractivity contribution >= 4 is 12.0 Å². The van der Waals surface area contributed by atoms with E-state index in [-0.39, 0.29) is 12.5 Å². The minimum atomic E-state index is -0.723. The molecule has 2 amide bonds. The number of rotatable bonds is 3. The highest BCUT2D eigenvalue weighted by Crippen LogP contribution is 2.23. The minimum absolute atomic E-state index is 0.147. The lowest BCUT2D eigenvalue weighted by Crippen LogP contribution is -2.48. The molecular weight excluding hydrogens is 256 g/mol. The van der Waals surface area contributed by atoms with Crippen LogP contribution in [0.2, 0.25) is 0 Å². The minimum Gasteiger partial charge on any atom is -0.481 e. The van der Waals surface area contributed by atoms with Crippen molar-refractivity contribution in [3.8, 4) is 0 Å². The zero-order valence-corrected chi connectivity index (χ0v) is 12.2. The van der Waals surface area contributed by atoms with Crippen molar-refractivity contribution < 1.29 is 14.7 Å². The smallest absolute Gasteiger partial charge is 0.320 e. The SMILES string of the molecule is CC1=CCCN(C(=O)N2CCC(CCC(=O)O)CC2)C1. The second-order valence-electron chi connectivity index (χ2n) is 5.91. The molecular formula is C15H24N2O3. The Morgan fingerprint density at radius 2 is 1.95 bits per heavy atom. The molecule has 2 aliphatic rings. The maximum atomic E-state index is 12.4. The van der Waals surface area contributed by atoms with Crippen LogP contribution in [0.1, 0.15) is 39.0 Å². The summed E-state index contributed by atoms with van der Waals surface area (Å²) in [6.07, 6.45) is 6.00. The molecule has 5 nitrogen and oxygen atoms in total. The summed E-state index contributed by atoms with van der Waals surface area (Å²) in [7, 11) is 0. The van der Waals surface area contributed by atoms with Gasteiger partial charge in [-0.3, -0.25) is 4.79 Å². The molecule has 1 fully saturated rings. The predicted molar refractivity (Wildman–Crippen MR) is 76.5 cm³/mol. The first kappa shape index (κ1) is 14.9. The first-order valence-corrected chi connectivity index (χ1v) is 7.47. The van der Waals surface area contributed by atoms with Crippen molar-refractivity contribution in [1.29, 1.82) is 0 Å². The van der Waals surface area contributed by atoms with Gasteiger partial charge in [0, 0.05) is 32.6 Å². The molecule has 0 saturated carbocycles. The number of hydrogen-bond acceptors (Lipinski definition) is 2. The Bertz CT molecular complexity index is 398. The highest BCUT2D eigenvalue weighted by Gasteiger charge is 2.27. The van der Waals surface area contributed by atoms with Crippen LogP contribution in [0.4, 0.5) is 4.79 Å². The van der Waals surface area contributed by atoms with Crippen LogP contribution in [0.25, 0.3) is 0 Å². The highest BCUT2D eigenvalue weighted by molar-refractivity contribution is 5.75. The number of likely N-dealkylation sites (tertiary alicyclic amines) is 1. The fraction of sp³-hybridized carbons (Fsp3) is 0.733. The van der Waals surface area contributed by atoms with Crippen molar-refractivity contribution in [2.75, 3.05) is 26.2 Å². The quantitative estimate of drug-likeness (QED) is 0.807. The van der Waals surface area contributed by atoms with Crippen LogP contribution < -0.4 is 0 Å². The molecule has 0 aromatic carbocycles. The number of urea groups is 1. The number of nitrogens with zero attached hydrogens (tertiary/aromatic N) is 2. The number of piperidine rings is 1. The average molecular weight is 280 g/mol. The van der Waals surface area contributed by atoms with E-state index >= 15 is 0 Å². The standard InChI is InChI=1S/C15H24N2O3/c1-12-3-2-8-17(11-12)15(20)16-9-6-13(7-10-16)4-5-14(18)19/h3,13H,2,4-11H2,1H3,(H,18,19). The van der Waals surface area contributed by atoms with Gasteiger partial charge in [-0.15, -0.1) is 0 Å². The number of carboxylic acid groups (broad SMARTS) is 1. The average Bonchev–Trinajstić information content (AvgIpc) is 2.45. The van der Waals surface area contributed by atoms with E-state index < -0.39 is 5.97 Å². The molecule has 0 radical (unpaired) electrons. The third-order valence-corrected chi connectivity index (χ3v) is 4.25. The van der Waals surface area contributed by atoms with Crippen molar-refractivity contribution in [2.45, 2.75) is 39.0 Å². The lowest BCUT2D eigenvalue weighted by molar-refractivity contribution is -0.137. The van der Waals surface area contributed by atoms with Gasteiger partial charge < -0.3 is 14.9 Å². The maximum Gasteiger partial charge on any atom is 0.320 e. The molecule has 0 aliphatic carbocycles. The Hall–Kier alpha value is -1.52. The summed E-state index contributed by atoms with van der Waals surface area (Å²) in [5.41, 5.74) is 1.26. The first-order valence-electron chi connectivity index (χ1n) is 7.47. The highest BCUT2D eigenvalue weighted by atomic mass is 16.4. The molecule has 2 aliphatic heterocycles. The van der Waals surface area contributed by atoms with E-state index in [0.29, 0.717) is 5.92 Å². The first-order chi connectivity index (χ1) is 9.56. The zero-order valence-electron chi connectivity index (χ0n) is 12.2. The summed E-state index contributed by atoms with van der Waals surface area (Å²) >= 11 is 0. The van der Waals surface area contributed by atoms with Gasteiger partial charge in [-0.25, -0.2) is 4.79 Å². The third kappa shape index (κ3) is 3.99. The van der Waals surface area contributed by atoms with Gasteiger partial charge in [-0.2, -0.15) is 0 Å². The molecule has 0 bridgehead atoms. The molecule has 0 aromatic rings. The summed E-state index contributed by atoms with van der Waals surface area (Å²) in [5, 5.41) is 8.70. The number of carbonyl (C=O) groups excluding carboxylic acids is 1. The number of aliphatic carboxylic acids is 1. The van der Waals surface area contributed by atoms with Crippen LogP contribution in [0.5, 0.6) is 0 Å². The van der Waals surface area contributed by atoms with Crippen molar-refractivity contribution in [3.63, 3.8) is 0 Å². The molecule has 1 N–H and O–H groups in total. The van der Waals surface area contributed by atoms with Gasteiger partial charge in [0.15, 0.2) is 0 Å². The van der Waals surface area contributed by atoms with Crippen LogP contribution in [0.15, 0.2) is 11.6 Å². The van der Waals surface area contributed by atoms with Crippen LogP contribution in [-0.2, 0) is 4.79 Å². The van der Waals surface area contributed by atoms with E-state index in [1.165, 1.54) is 5.57 Å². The summed E-state index contributed by atoms with van der Waals surface area (Å²) in [6.45, 7) is 5.16. The van der Waals surface area contributed by atoms with Crippen LogP contribution in [0.3, 0.4) is 0 Å². The summed E-state index contributed by atoms with van der Waals surface area (Å²) in [4.78, 5) is 26.8. The van der Waals surface area contributed by atoms with E-state index in [9.17, 15) is 9.59 Å². The molecule has 0 spiro atoms. The lowest BCUT2D eigenvalue weighted by Gasteiger charge is -2.37. The fourth-order valence-electron chi connectivity index (χ4n) is 3.02. The molecule has 0 aromatic heterocycles. The van der Waals surface area contributed by atoms with Gasteiger partial charge in [0.1, 0.15) is 0 Å². The molecule has 2 rings (SSSR count). The van der Waals surface area contributed by atoms with Gasteiger partial charge in [0.25, 0.3) is 0 Å². The van der Waals surface area contributed by atoms with Crippen molar-refractivity contribution in [3.05, 3.63) is 11.6 Å². The zero-order chi connectivity index (χ0) is 14.5. The van der Waals surface area contributed by atoms with Gasteiger partial charge in [-0.05, 0) is 38.5 Å². The van der Waals surface area contributed by atoms with E-state index in [4.69, 9.17) is 5.11 Å². The molecule has 5 heteroatoms. The number of hydrogen-bond donors (Lipinski definition) is 1. The Kier molecular flexibility index (Phi) is 5.04. The molecule has 112 valence electrons. The van der Waals surface area contributed by atoms with Gasteiger partial charge in [0.2, 0.25) is 0 Å². The van der Waals surface area contributed by atoms with Crippen LogP contribution in [-0.4, -0.2) is 53.1 Å². The Morgan fingerprint density at radius 3 is 2.55 bits per heavy atom. The van der Waals surface area contributed by atoms with Crippen molar-refractivity contribution in [1.82, 2.24) is 9.80 Å². The summed E-state index contributed by atoms with van der Waals surface area (Å²) in [5.74, 6) is -0.266. The number of carbonyl (C=O) groups is 2. The van der Waals surface area contributed by atoms with Crippen LogP contribution in [0, 0.1) is 5.92 Å². The third-order valence-electron chi connectivity index (χ3n) is 4.25. The van der Waals surface area contributed by atoms with E-state index in [2.05, 4.69) is 13.0 Å². The Morgan fingerprint density at radius 1 is 1.25 bits per heavy atom. The summed E-state index contributed by atoms with van der Waals surface area (Å²) in [6, 6.07) is 0.147. The Labute approximate surface area is 120 Å². The molecule has 20 heavy (non-hydrogen) atoms. The monoisotopic (exact) mass is 280 g/mol. The maximum absolute atomic E-state index is 12.4. The second-order valence-corrected chi connectivity index (χ2v) is 5.91. The molecule has 1 saturated heterocycles. The largest absolute Gasteiger partial charge is 0.481 e. The second kappa shape index (κ2) is 6.77. The van der Waals surface area contributed by atoms with Gasteiger partial charge in [-0.1, -0.05) is 11.6 Å². The van der Waals surface area contributed by atoms with E-state index in [1.54, 1.807) is 0 Å². The fourth-order valence-corrected chi connectivity index (χ4v) is 3.02. The van der Waals surface area contributed by atoms with E-state index in [0.717, 1.165) is 51.9 Å². The topological polar surface area (TPSA) is 60.9 Å². The van der Waals surface area contributed by atoms with Crippen LogP contribution >= 0.6 is 0 Å². The van der Waals surface area contributed by atoms with Gasteiger partial charge in [0.05, 0.1) is 0 Å². The summed E-state index contributed by atoms with van der Waals surface area (Å²) < 4.78 is 0. The molecule has 0 unspecified atom stereocenters. The Balaban J connectivity index is 1.77. The predicted octanol–water partition coefficient (Wildman–Crippen LogP) is 2.34. The van der Waals surface area contributed by atoms with Crippen molar-refractivity contribution in [2.24, 2.45) is 5.92 Å². The number of carboxylic acids is 1. The molecule has 2 heterocycles. The molecule has 0 atom stereocenters. The normalized spacial score (nSPS) is 20.8. The van der Waals surface area contributed by atoms with E-state index in [1.807, 2.05) is 9.80 Å². The number of amides is 2. The van der Waals surface area contributed by atoms with Gasteiger partial charge >= 0.3 is 12.0 Å².